The zero-order chi connectivity index (χ0) is 14.0. The van der Waals surface area contributed by atoms with Gasteiger partial charge in [0.1, 0.15) is 5.56 Å². The number of amides is 2. The number of pyridine rings is 1. The Hall–Kier alpha value is -2.11. The fraction of sp³-hybridized carbons (Fsp3) is 0.462. The largest absolute Gasteiger partial charge is 0.618 e. The molecular formula is C13H17N3O3. The van der Waals surface area contributed by atoms with E-state index in [9.17, 15) is 14.8 Å². The summed E-state index contributed by atoms with van der Waals surface area (Å²) in [7, 11) is 0. The van der Waals surface area contributed by atoms with E-state index in [1.807, 2.05) is 0 Å². The van der Waals surface area contributed by atoms with E-state index >= 15 is 0 Å². The quantitative estimate of drug-likeness (QED) is 0.600. The number of nitrogens with two attached hydrogens (primary N) is 1. The minimum Gasteiger partial charge on any atom is -0.618 e. The molecule has 0 radical (unpaired) electrons. The standard InChI is InChI=1S/C13H17N3O3/c1-9-4-5-11(8-16(9)19)13(18)15-6-2-3-10(7-15)12(14)17/h4-5,8,10H,2-3,6-7H2,1H3,(H2,14,17)/t10-/m1/s1. The molecule has 0 aromatic carbocycles. The Morgan fingerprint density at radius 1 is 1.47 bits per heavy atom. The van der Waals surface area contributed by atoms with Crippen LogP contribution < -0.4 is 10.5 Å². The average Bonchev–Trinajstić information content (AvgIpc) is 2.41. The van der Waals surface area contributed by atoms with Crippen LogP contribution in [0.3, 0.4) is 0 Å². The molecule has 2 rings (SSSR count). The number of piperidine rings is 1. The lowest BCUT2D eigenvalue weighted by molar-refractivity contribution is -0.612. The van der Waals surface area contributed by atoms with Crippen LogP contribution in [0.5, 0.6) is 0 Å². The molecule has 2 N–H and O–H groups in total. The van der Waals surface area contributed by atoms with E-state index in [-0.39, 0.29) is 17.7 Å². The van der Waals surface area contributed by atoms with Crippen LogP contribution in [0.1, 0.15) is 28.9 Å². The first-order valence-electron chi connectivity index (χ1n) is 6.27. The Labute approximate surface area is 111 Å². The molecule has 1 atom stereocenters. The Balaban J connectivity index is 2.14. The van der Waals surface area contributed by atoms with Gasteiger partial charge in [0.2, 0.25) is 5.91 Å². The van der Waals surface area contributed by atoms with Crippen LogP contribution in [0.4, 0.5) is 0 Å². The molecule has 1 aliphatic heterocycles. The second kappa shape index (κ2) is 5.26. The summed E-state index contributed by atoms with van der Waals surface area (Å²) in [6.45, 7) is 2.60. The van der Waals surface area contributed by atoms with Crippen LogP contribution in [0.25, 0.3) is 0 Å². The molecule has 1 fully saturated rings. The Morgan fingerprint density at radius 2 is 2.21 bits per heavy atom. The number of nitrogens with zero attached hydrogens (tertiary/aromatic N) is 2. The average molecular weight is 263 g/mol. The molecule has 0 unspecified atom stereocenters. The fourth-order valence-corrected chi connectivity index (χ4v) is 2.26. The number of hydrogen-bond acceptors (Lipinski definition) is 3. The molecule has 0 bridgehead atoms. The van der Waals surface area contributed by atoms with Gasteiger partial charge in [-0.05, 0) is 18.9 Å². The monoisotopic (exact) mass is 263 g/mol. The van der Waals surface area contributed by atoms with Gasteiger partial charge in [-0.1, -0.05) is 0 Å². The summed E-state index contributed by atoms with van der Waals surface area (Å²) in [5.41, 5.74) is 6.15. The molecule has 19 heavy (non-hydrogen) atoms. The highest BCUT2D eigenvalue weighted by Gasteiger charge is 2.28. The molecule has 2 amide bonds. The Bertz CT molecular complexity index is 516. The number of aromatic nitrogens is 1. The van der Waals surface area contributed by atoms with Crippen LogP contribution >= 0.6 is 0 Å². The summed E-state index contributed by atoms with van der Waals surface area (Å²) >= 11 is 0. The molecule has 6 heteroatoms. The van der Waals surface area contributed by atoms with E-state index in [0.29, 0.717) is 35.5 Å². The number of carbonyl (C=O) groups is 2. The van der Waals surface area contributed by atoms with Crippen molar-refractivity contribution in [1.82, 2.24) is 4.90 Å². The summed E-state index contributed by atoms with van der Waals surface area (Å²) in [6.07, 6.45) is 2.74. The predicted molar refractivity (Wildman–Crippen MR) is 68.0 cm³/mol. The number of likely N-dealkylation sites (tertiary alicyclic amines) is 1. The van der Waals surface area contributed by atoms with Crippen LogP contribution in [0.15, 0.2) is 18.3 Å². The first kappa shape index (κ1) is 13.3. The summed E-state index contributed by atoms with van der Waals surface area (Å²) in [4.78, 5) is 25.0. The maximum atomic E-state index is 12.3. The maximum Gasteiger partial charge on any atom is 0.259 e. The van der Waals surface area contributed by atoms with Gasteiger partial charge in [-0.2, -0.15) is 4.73 Å². The highest BCUT2D eigenvalue weighted by atomic mass is 16.5. The first-order chi connectivity index (χ1) is 8.99. The molecule has 1 aromatic rings. The third-order valence-corrected chi connectivity index (χ3v) is 3.47. The van der Waals surface area contributed by atoms with Gasteiger partial charge in [0.25, 0.3) is 5.91 Å². The van der Waals surface area contributed by atoms with Crippen LogP contribution in [-0.4, -0.2) is 29.8 Å². The van der Waals surface area contributed by atoms with E-state index in [0.717, 1.165) is 6.42 Å². The first-order valence-corrected chi connectivity index (χ1v) is 6.27. The van der Waals surface area contributed by atoms with Crippen LogP contribution in [-0.2, 0) is 4.79 Å². The lowest BCUT2D eigenvalue weighted by Crippen LogP contribution is -2.44. The minimum absolute atomic E-state index is 0.226. The molecule has 6 nitrogen and oxygen atoms in total. The van der Waals surface area contributed by atoms with E-state index < -0.39 is 0 Å². The summed E-state index contributed by atoms with van der Waals surface area (Å²) < 4.78 is 0.669. The normalized spacial score (nSPS) is 19.2. The van der Waals surface area contributed by atoms with Gasteiger partial charge in [-0.25, -0.2) is 0 Å². The molecule has 1 aromatic heterocycles. The minimum atomic E-state index is -0.375. The third-order valence-electron chi connectivity index (χ3n) is 3.47. The van der Waals surface area contributed by atoms with Crippen molar-refractivity contribution < 1.29 is 14.3 Å². The molecule has 1 saturated heterocycles. The van der Waals surface area contributed by atoms with Crippen LogP contribution in [0.2, 0.25) is 0 Å². The second-order valence-corrected chi connectivity index (χ2v) is 4.88. The van der Waals surface area contributed by atoms with Gasteiger partial charge >= 0.3 is 0 Å². The zero-order valence-corrected chi connectivity index (χ0v) is 10.8. The summed E-state index contributed by atoms with van der Waals surface area (Å²) in [5, 5.41) is 11.5. The van der Waals surface area contributed by atoms with Gasteiger partial charge < -0.3 is 15.8 Å². The Morgan fingerprint density at radius 3 is 2.84 bits per heavy atom. The topological polar surface area (TPSA) is 90.3 Å². The highest BCUT2D eigenvalue weighted by Crippen LogP contribution is 2.18. The molecule has 0 spiro atoms. The summed E-state index contributed by atoms with van der Waals surface area (Å²) in [6, 6.07) is 3.23. The van der Waals surface area contributed by atoms with Crippen molar-refractivity contribution in [1.29, 1.82) is 0 Å². The Kier molecular flexibility index (Phi) is 3.69. The molecule has 0 saturated carbocycles. The molecule has 1 aliphatic rings. The van der Waals surface area contributed by atoms with Crippen molar-refractivity contribution in [2.75, 3.05) is 13.1 Å². The fourth-order valence-electron chi connectivity index (χ4n) is 2.26. The molecular weight excluding hydrogens is 246 g/mol. The van der Waals surface area contributed by atoms with Gasteiger partial charge in [0, 0.05) is 26.1 Å². The highest BCUT2D eigenvalue weighted by molar-refractivity contribution is 5.94. The van der Waals surface area contributed by atoms with Crippen molar-refractivity contribution in [2.24, 2.45) is 11.7 Å². The lowest BCUT2D eigenvalue weighted by Gasteiger charge is -2.31. The zero-order valence-electron chi connectivity index (χ0n) is 10.8. The second-order valence-electron chi connectivity index (χ2n) is 4.88. The SMILES string of the molecule is Cc1ccc(C(=O)N2CCC[C@@H](C(N)=O)C2)c[n+]1[O-]. The van der Waals surface area contributed by atoms with Crippen molar-refractivity contribution in [3.63, 3.8) is 0 Å². The smallest absolute Gasteiger partial charge is 0.259 e. The van der Waals surface area contributed by atoms with Gasteiger partial charge in [0.15, 0.2) is 11.9 Å². The van der Waals surface area contributed by atoms with Gasteiger partial charge in [0.05, 0.1) is 5.92 Å². The number of aryl methyl sites for hydroxylation is 1. The van der Waals surface area contributed by atoms with Crippen LogP contribution in [0, 0.1) is 18.0 Å². The molecule has 102 valence electrons. The number of hydrogen-bond donors (Lipinski definition) is 1. The van der Waals surface area contributed by atoms with Crippen molar-refractivity contribution in [3.05, 3.63) is 34.8 Å². The number of primary amides is 1. The van der Waals surface area contributed by atoms with Gasteiger partial charge in [-0.3, -0.25) is 9.59 Å². The maximum absolute atomic E-state index is 12.3. The van der Waals surface area contributed by atoms with Crippen molar-refractivity contribution in [2.45, 2.75) is 19.8 Å². The van der Waals surface area contributed by atoms with E-state index in [1.54, 1.807) is 24.0 Å². The van der Waals surface area contributed by atoms with Crippen molar-refractivity contribution >= 4 is 11.8 Å². The van der Waals surface area contributed by atoms with Gasteiger partial charge in [-0.15, -0.1) is 0 Å². The predicted octanol–water partition coefficient (Wildman–Crippen LogP) is -0.0341. The van der Waals surface area contributed by atoms with E-state index in [2.05, 4.69) is 0 Å². The number of carbonyl (C=O) groups excluding carboxylic acids is 2. The molecule has 2 heterocycles. The lowest BCUT2D eigenvalue weighted by atomic mass is 9.97. The summed E-state index contributed by atoms with van der Waals surface area (Å²) in [5.74, 6) is -0.890. The third kappa shape index (κ3) is 2.83. The van der Waals surface area contributed by atoms with Crippen molar-refractivity contribution in [3.8, 4) is 0 Å². The van der Waals surface area contributed by atoms with E-state index in [1.165, 1.54) is 6.20 Å². The van der Waals surface area contributed by atoms with E-state index in [4.69, 9.17) is 5.73 Å². The number of rotatable bonds is 2. The molecule has 0 aliphatic carbocycles.